The molecular formula is C20H33N2O7. The lowest BCUT2D eigenvalue weighted by molar-refractivity contribution is -0.534. The van der Waals surface area contributed by atoms with E-state index >= 15 is 0 Å². The molecule has 0 aromatic carbocycles. The highest BCUT2D eigenvalue weighted by molar-refractivity contribution is 5.50. The van der Waals surface area contributed by atoms with Gasteiger partial charge in [-0.2, -0.15) is 0 Å². The number of aliphatic hydroxyl groups excluding tert-OH is 2. The van der Waals surface area contributed by atoms with Crippen molar-refractivity contribution in [3.63, 3.8) is 0 Å². The SMILES string of the molecule is CCCCCC(O)C(C/C=C\CC(C(O)C/C=C\CCC[C]=O)[N+](=O)[O-])[N+](=O)[O-]. The Kier molecular flexibility index (Phi) is 15.6. The normalized spacial score (nSPS) is 16.0. The lowest BCUT2D eigenvalue weighted by Crippen LogP contribution is -2.33. The molecule has 0 aliphatic carbocycles. The van der Waals surface area contributed by atoms with Crippen molar-refractivity contribution < 1.29 is 24.9 Å². The maximum absolute atomic E-state index is 11.2. The second-order valence-electron chi connectivity index (χ2n) is 7.02. The first kappa shape index (κ1) is 26.9. The van der Waals surface area contributed by atoms with Crippen LogP contribution < -0.4 is 0 Å². The zero-order valence-electron chi connectivity index (χ0n) is 17.0. The van der Waals surface area contributed by atoms with E-state index in [9.17, 15) is 35.2 Å². The van der Waals surface area contributed by atoms with Gasteiger partial charge in [0.1, 0.15) is 12.2 Å². The number of hydrogen-bond donors (Lipinski definition) is 2. The van der Waals surface area contributed by atoms with Gasteiger partial charge in [0, 0.05) is 29.1 Å². The molecule has 0 spiro atoms. The maximum Gasteiger partial charge on any atom is 0.242 e. The van der Waals surface area contributed by atoms with Crippen molar-refractivity contribution in [3.05, 3.63) is 44.5 Å². The first-order valence-corrected chi connectivity index (χ1v) is 10.1. The van der Waals surface area contributed by atoms with Gasteiger partial charge in [-0.1, -0.05) is 50.5 Å². The Labute approximate surface area is 171 Å². The first-order chi connectivity index (χ1) is 13.8. The lowest BCUT2D eigenvalue weighted by Gasteiger charge is -2.15. The summed E-state index contributed by atoms with van der Waals surface area (Å²) in [7, 11) is 0. The highest BCUT2D eigenvalue weighted by Crippen LogP contribution is 2.14. The fourth-order valence-electron chi connectivity index (χ4n) is 2.84. The fourth-order valence-corrected chi connectivity index (χ4v) is 2.84. The number of rotatable bonds is 18. The molecule has 0 heterocycles. The molecule has 0 saturated heterocycles. The van der Waals surface area contributed by atoms with Crippen LogP contribution in [0.4, 0.5) is 0 Å². The van der Waals surface area contributed by atoms with Crippen LogP contribution in [0, 0.1) is 20.2 Å². The summed E-state index contributed by atoms with van der Waals surface area (Å²) in [5.74, 6) is 0. The van der Waals surface area contributed by atoms with Gasteiger partial charge >= 0.3 is 0 Å². The molecule has 0 amide bonds. The van der Waals surface area contributed by atoms with Crippen LogP contribution in [0.3, 0.4) is 0 Å². The Morgan fingerprint density at radius 1 is 0.862 bits per heavy atom. The molecule has 0 rings (SSSR count). The van der Waals surface area contributed by atoms with Gasteiger partial charge in [-0.3, -0.25) is 25.0 Å². The van der Waals surface area contributed by atoms with Gasteiger partial charge in [-0.15, -0.1) is 0 Å². The maximum atomic E-state index is 11.2. The van der Waals surface area contributed by atoms with E-state index in [1.165, 1.54) is 12.2 Å². The van der Waals surface area contributed by atoms with Crippen molar-refractivity contribution in [2.24, 2.45) is 0 Å². The molecule has 4 unspecified atom stereocenters. The van der Waals surface area contributed by atoms with Gasteiger partial charge in [-0.25, -0.2) is 0 Å². The van der Waals surface area contributed by atoms with E-state index in [0.717, 1.165) is 12.8 Å². The zero-order chi connectivity index (χ0) is 22.1. The molecule has 0 fully saturated rings. The summed E-state index contributed by atoms with van der Waals surface area (Å²) >= 11 is 0. The summed E-state index contributed by atoms with van der Waals surface area (Å²) in [4.78, 5) is 31.4. The zero-order valence-corrected chi connectivity index (χ0v) is 17.0. The minimum absolute atomic E-state index is 0.0194. The Bertz CT molecular complexity index is 537. The number of allylic oxidation sites excluding steroid dienone is 1. The average molecular weight is 413 g/mol. The van der Waals surface area contributed by atoms with Gasteiger partial charge in [0.2, 0.25) is 12.1 Å². The second kappa shape index (κ2) is 16.8. The van der Waals surface area contributed by atoms with Gasteiger partial charge in [0.05, 0.1) is 0 Å². The third-order valence-electron chi connectivity index (χ3n) is 4.65. The molecule has 165 valence electrons. The molecular weight excluding hydrogens is 380 g/mol. The van der Waals surface area contributed by atoms with Crippen molar-refractivity contribution in [1.82, 2.24) is 0 Å². The summed E-state index contributed by atoms with van der Waals surface area (Å²) in [6.45, 7) is 2.00. The molecule has 0 aliphatic heterocycles. The number of hydrogen-bond acceptors (Lipinski definition) is 7. The highest BCUT2D eigenvalue weighted by Gasteiger charge is 2.29. The number of aliphatic hydroxyl groups is 2. The molecule has 0 bridgehead atoms. The Hall–Kier alpha value is -2.13. The van der Waals surface area contributed by atoms with E-state index in [-0.39, 0.29) is 19.3 Å². The fraction of sp³-hybridized carbons (Fsp3) is 0.750. The van der Waals surface area contributed by atoms with Crippen LogP contribution in [-0.4, -0.2) is 50.6 Å². The van der Waals surface area contributed by atoms with E-state index in [0.29, 0.717) is 32.1 Å². The van der Waals surface area contributed by atoms with Crippen molar-refractivity contribution in [2.75, 3.05) is 0 Å². The van der Waals surface area contributed by atoms with E-state index in [1.807, 2.05) is 6.92 Å². The molecule has 9 nitrogen and oxygen atoms in total. The van der Waals surface area contributed by atoms with Crippen molar-refractivity contribution in [1.29, 1.82) is 0 Å². The lowest BCUT2D eigenvalue weighted by atomic mass is 10.0. The summed E-state index contributed by atoms with van der Waals surface area (Å²) in [6, 6.07) is -2.36. The van der Waals surface area contributed by atoms with Crippen molar-refractivity contribution in [3.8, 4) is 0 Å². The Balaban J connectivity index is 4.56. The molecule has 0 saturated carbocycles. The van der Waals surface area contributed by atoms with Crippen LogP contribution >= 0.6 is 0 Å². The molecule has 2 N–H and O–H groups in total. The molecule has 1 radical (unpaired) electrons. The summed E-state index contributed by atoms with van der Waals surface area (Å²) < 4.78 is 0. The molecule has 0 aromatic heterocycles. The largest absolute Gasteiger partial charge is 0.386 e. The van der Waals surface area contributed by atoms with Crippen LogP contribution in [0.1, 0.15) is 71.1 Å². The third kappa shape index (κ3) is 12.8. The van der Waals surface area contributed by atoms with Gasteiger partial charge < -0.3 is 10.2 Å². The predicted molar refractivity (Wildman–Crippen MR) is 109 cm³/mol. The van der Waals surface area contributed by atoms with E-state index in [1.54, 1.807) is 18.4 Å². The van der Waals surface area contributed by atoms with E-state index < -0.39 is 34.1 Å². The monoisotopic (exact) mass is 413 g/mol. The third-order valence-corrected chi connectivity index (χ3v) is 4.65. The highest BCUT2D eigenvalue weighted by atomic mass is 16.6. The quantitative estimate of drug-likeness (QED) is 0.152. The number of carbonyl (C=O) groups excluding carboxylic acids is 1. The Morgan fingerprint density at radius 3 is 1.93 bits per heavy atom. The molecule has 0 aromatic rings. The predicted octanol–water partition coefficient (Wildman–Crippen LogP) is 3.14. The van der Waals surface area contributed by atoms with Crippen LogP contribution in [-0.2, 0) is 4.79 Å². The van der Waals surface area contributed by atoms with Crippen LogP contribution in [0.15, 0.2) is 24.3 Å². The number of unbranched alkanes of at least 4 members (excludes halogenated alkanes) is 4. The van der Waals surface area contributed by atoms with E-state index in [2.05, 4.69) is 0 Å². The standard InChI is InChI=1S/C20H33N2O7/c1-2-3-7-14-19(24)17(21(26)27)12-9-10-13-18(22(28)29)20(25)15-8-5-4-6-11-16-23/h5,8-10,17-20,24-25H,2-4,6-7,11-15H2,1H3/b8-5-,10-9-. The Morgan fingerprint density at radius 2 is 1.41 bits per heavy atom. The summed E-state index contributed by atoms with van der Waals surface area (Å²) in [5, 5.41) is 42.4. The van der Waals surface area contributed by atoms with Crippen LogP contribution in [0.2, 0.25) is 0 Å². The van der Waals surface area contributed by atoms with Crippen LogP contribution in [0.25, 0.3) is 0 Å². The smallest absolute Gasteiger partial charge is 0.242 e. The topological polar surface area (TPSA) is 144 Å². The average Bonchev–Trinajstić information content (AvgIpc) is 2.66. The van der Waals surface area contributed by atoms with Crippen molar-refractivity contribution >= 4 is 6.29 Å². The molecule has 9 heteroatoms. The minimum Gasteiger partial charge on any atom is -0.386 e. The molecule has 0 aliphatic rings. The van der Waals surface area contributed by atoms with Crippen molar-refractivity contribution in [2.45, 2.75) is 95.4 Å². The van der Waals surface area contributed by atoms with Gasteiger partial charge in [0.25, 0.3) is 0 Å². The summed E-state index contributed by atoms with van der Waals surface area (Å²) in [6.07, 6.45) is 10.4. The minimum atomic E-state index is -1.22. The molecule has 29 heavy (non-hydrogen) atoms. The van der Waals surface area contributed by atoms with Gasteiger partial charge in [-0.05, 0) is 25.7 Å². The van der Waals surface area contributed by atoms with E-state index in [4.69, 9.17) is 0 Å². The molecule has 4 atom stereocenters. The second-order valence-corrected chi connectivity index (χ2v) is 7.02. The summed E-state index contributed by atoms with van der Waals surface area (Å²) in [5.41, 5.74) is 0. The first-order valence-electron chi connectivity index (χ1n) is 10.1. The number of nitrogens with zero attached hydrogens (tertiary/aromatic N) is 2. The van der Waals surface area contributed by atoms with Gasteiger partial charge in [0.15, 0.2) is 6.29 Å². The number of nitro groups is 2. The van der Waals surface area contributed by atoms with Crippen LogP contribution in [0.5, 0.6) is 0 Å².